The Morgan fingerprint density at radius 2 is 1.64 bits per heavy atom. The number of sulfonamides is 1. The molecule has 1 amide bonds. The SMILES string of the molecule is Cc1ccc(S(=O)(=O)Nc2cccc(C(=O)Nc3nc(-c4ccc(C)cc4C)cs3)c2)cc1. The molecule has 33 heavy (non-hydrogen) atoms. The molecule has 0 saturated carbocycles. The smallest absolute Gasteiger partial charge is 0.261 e. The van der Waals surface area contributed by atoms with Gasteiger partial charge in [-0.2, -0.15) is 0 Å². The molecule has 0 spiro atoms. The van der Waals surface area contributed by atoms with Crippen molar-refractivity contribution in [1.29, 1.82) is 0 Å². The van der Waals surface area contributed by atoms with Gasteiger partial charge >= 0.3 is 0 Å². The van der Waals surface area contributed by atoms with E-state index in [0.717, 1.165) is 22.4 Å². The van der Waals surface area contributed by atoms with Crippen LogP contribution < -0.4 is 10.0 Å². The van der Waals surface area contributed by atoms with Crippen LogP contribution in [0.25, 0.3) is 11.3 Å². The summed E-state index contributed by atoms with van der Waals surface area (Å²) in [4.78, 5) is 17.5. The van der Waals surface area contributed by atoms with Crippen molar-refractivity contribution in [3.8, 4) is 11.3 Å². The maximum atomic E-state index is 12.8. The summed E-state index contributed by atoms with van der Waals surface area (Å²) < 4.78 is 27.8. The number of thiazole rings is 1. The third kappa shape index (κ3) is 5.30. The minimum absolute atomic E-state index is 0.157. The van der Waals surface area contributed by atoms with E-state index in [9.17, 15) is 13.2 Å². The molecule has 0 fully saturated rings. The lowest BCUT2D eigenvalue weighted by atomic mass is 10.0. The topological polar surface area (TPSA) is 88.2 Å². The van der Waals surface area contributed by atoms with Gasteiger partial charge in [0.25, 0.3) is 15.9 Å². The molecule has 6 nitrogen and oxygen atoms in total. The molecule has 0 radical (unpaired) electrons. The molecule has 3 aromatic carbocycles. The fourth-order valence-electron chi connectivity index (χ4n) is 3.38. The number of benzene rings is 3. The van der Waals surface area contributed by atoms with E-state index in [-0.39, 0.29) is 10.8 Å². The zero-order chi connectivity index (χ0) is 23.6. The lowest BCUT2D eigenvalue weighted by Crippen LogP contribution is -2.15. The third-order valence-electron chi connectivity index (χ3n) is 5.09. The lowest BCUT2D eigenvalue weighted by Gasteiger charge is -2.10. The van der Waals surface area contributed by atoms with Crippen LogP contribution in [-0.4, -0.2) is 19.3 Å². The molecule has 4 aromatic rings. The first-order valence-electron chi connectivity index (χ1n) is 10.3. The minimum Gasteiger partial charge on any atom is -0.298 e. The predicted octanol–water partition coefficient (Wildman–Crippen LogP) is 5.79. The van der Waals surface area contributed by atoms with Crippen LogP contribution in [0.5, 0.6) is 0 Å². The number of hydrogen-bond donors (Lipinski definition) is 2. The van der Waals surface area contributed by atoms with Gasteiger partial charge in [-0.15, -0.1) is 11.3 Å². The summed E-state index contributed by atoms with van der Waals surface area (Å²) in [6.45, 7) is 5.96. The molecule has 168 valence electrons. The lowest BCUT2D eigenvalue weighted by molar-refractivity contribution is 0.102. The molecule has 0 aliphatic carbocycles. The standard InChI is InChI=1S/C25H23N3O3S2/c1-16-7-10-21(11-8-16)33(30,31)28-20-6-4-5-19(14-20)24(29)27-25-26-23(15-32-25)22-12-9-17(2)13-18(22)3/h4-15,28H,1-3H3,(H,26,27,29). The van der Waals surface area contributed by atoms with Gasteiger partial charge in [0, 0.05) is 22.2 Å². The number of nitrogens with zero attached hydrogens (tertiary/aromatic N) is 1. The van der Waals surface area contributed by atoms with E-state index in [1.54, 1.807) is 42.5 Å². The number of amides is 1. The Bertz CT molecular complexity index is 1430. The first-order valence-corrected chi connectivity index (χ1v) is 12.6. The number of hydrogen-bond acceptors (Lipinski definition) is 5. The van der Waals surface area contributed by atoms with Crippen molar-refractivity contribution in [2.24, 2.45) is 0 Å². The number of rotatable bonds is 6. The van der Waals surface area contributed by atoms with Crippen LogP contribution in [0.1, 0.15) is 27.0 Å². The molecule has 0 atom stereocenters. The maximum Gasteiger partial charge on any atom is 0.261 e. The highest BCUT2D eigenvalue weighted by molar-refractivity contribution is 7.92. The summed E-state index contributed by atoms with van der Waals surface area (Å²) in [5.74, 6) is -0.368. The Kier molecular flexibility index (Phi) is 6.31. The average molecular weight is 478 g/mol. The maximum absolute atomic E-state index is 12.8. The Morgan fingerprint density at radius 3 is 2.36 bits per heavy atom. The normalized spacial score (nSPS) is 11.2. The van der Waals surface area contributed by atoms with Gasteiger partial charge in [0.1, 0.15) is 0 Å². The Balaban J connectivity index is 1.49. The van der Waals surface area contributed by atoms with Crippen molar-refractivity contribution in [1.82, 2.24) is 4.98 Å². The van der Waals surface area contributed by atoms with Crippen molar-refractivity contribution in [3.05, 3.63) is 94.4 Å². The van der Waals surface area contributed by atoms with Gasteiger partial charge in [-0.05, 0) is 56.7 Å². The molecule has 0 bridgehead atoms. The highest BCUT2D eigenvalue weighted by Crippen LogP contribution is 2.28. The molecular weight excluding hydrogens is 454 g/mol. The largest absolute Gasteiger partial charge is 0.298 e. The van der Waals surface area contributed by atoms with E-state index in [0.29, 0.717) is 16.4 Å². The van der Waals surface area contributed by atoms with Gasteiger partial charge in [0.05, 0.1) is 10.6 Å². The van der Waals surface area contributed by atoms with Crippen molar-refractivity contribution in [2.75, 3.05) is 10.0 Å². The van der Waals surface area contributed by atoms with Gasteiger partial charge in [-0.3, -0.25) is 14.8 Å². The van der Waals surface area contributed by atoms with E-state index in [2.05, 4.69) is 21.1 Å². The van der Waals surface area contributed by atoms with Crippen molar-refractivity contribution in [3.63, 3.8) is 0 Å². The zero-order valence-electron chi connectivity index (χ0n) is 18.4. The summed E-state index contributed by atoms with van der Waals surface area (Å²) in [7, 11) is -3.76. The molecule has 0 unspecified atom stereocenters. The van der Waals surface area contributed by atoms with E-state index in [1.807, 2.05) is 38.3 Å². The summed E-state index contributed by atoms with van der Waals surface area (Å²) >= 11 is 1.34. The van der Waals surface area contributed by atoms with Crippen LogP contribution in [-0.2, 0) is 10.0 Å². The highest BCUT2D eigenvalue weighted by atomic mass is 32.2. The number of anilines is 2. The fraction of sp³-hybridized carbons (Fsp3) is 0.120. The van der Waals surface area contributed by atoms with E-state index in [1.165, 1.54) is 23.0 Å². The van der Waals surface area contributed by atoms with Gasteiger partial charge < -0.3 is 0 Å². The quantitative estimate of drug-likeness (QED) is 0.368. The predicted molar refractivity (Wildman–Crippen MR) is 133 cm³/mol. The Hall–Kier alpha value is -3.49. The molecule has 2 N–H and O–H groups in total. The second-order valence-corrected chi connectivity index (χ2v) is 10.4. The monoisotopic (exact) mass is 477 g/mol. The molecule has 1 aromatic heterocycles. The highest BCUT2D eigenvalue weighted by Gasteiger charge is 2.16. The number of aromatic nitrogens is 1. The Labute approximate surface area is 197 Å². The summed E-state index contributed by atoms with van der Waals surface area (Å²) in [6, 6.07) is 19.1. The minimum atomic E-state index is -3.76. The Morgan fingerprint density at radius 1 is 0.909 bits per heavy atom. The van der Waals surface area contributed by atoms with Crippen LogP contribution in [0, 0.1) is 20.8 Å². The third-order valence-corrected chi connectivity index (χ3v) is 7.25. The van der Waals surface area contributed by atoms with Crippen LogP contribution in [0.4, 0.5) is 10.8 Å². The second-order valence-electron chi connectivity index (χ2n) is 7.81. The summed E-state index contributed by atoms with van der Waals surface area (Å²) in [5, 5.41) is 5.17. The van der Waals surface area contributed by atoms with Gasteiger partial charge in [0.15, 0.2) is 5.13 Å². The number of aryl methyl sites for hydroxylation is 3. The molecule has 0 aliphatic rings. The molecule has 0 saturated heterocycles. The second kappa shape index (κ2) is 9.17. The van der Waals surface area contributed by atoms with Crippen molar-refractivity contribution < 1.29 is 13.2 Å². The molecular formula is C25H23N3O3S2. The molecule has 8 heteroatoms. The zero-order valence-corrected chi connectivity index (χ0v) is 20.0. The van der Waals surface area contributed by atoms with Crippen LogP contribution in [0.2, 0.25) is 0 Å². The van der Waals surface area contributed by atoms with Crippen LogP contribution in [0.15, 0.2) is 77.0 Å². The summed E-state index contributed by atoms with van der Waals surface area (Å²) in [6.07, 6.45) is 0. The average Bonchev–Trinajstić information content (AvgIpc) is 3.22. The molecule has 4 rings (SSSR count). The number of nitrogens with one attached hydrogen (secondary N) is 2. The fourth-order valence-corrected chi connectivity index (χ4v) is 5.14. The van der Waals surface area contributed by atoms with E-state index < -0.39 is 10.0 Å². The van der Waals surface area contributed by atoms with Crippen LogP contribution in [0.3, 0.4) is 0 Å². The first-order chi connectivity index (χ1) is 15.7. The van der Waals surface area contributed by atoms with E-state index >= 15 is 0 Å². The number of carbonyl (C=O) groups is 1. The molecule has 1 heterocycles. The summed E-state index contributed by atoms with van der Waals surface area (Å²) in [5.41, 5.74) is 5.71. The van der Waals surface area contributed by atoms with E-state index in [4.69, 9.17) is 0 Å². The van der Waals surface area contributed by atoms with Gasteiger partial charge in [0.2, 0.25) is 0 Å². The first kappa shape index (κ1) is 22.7. The van der Waals surface area contributed by atoms with Crippen LogP contribution >= 0.6 is 11.3 Å². The number of carbonyl (C=O) groups excluding carboxylic acids is 1. The van der Waals surface area contributed by atoms with Crippen molar-refractivity contribution >= 4 is 38.1 Å². The van der Waals surface area contributed by atoms with Crippen molar-refractivity contribution in [2.45, 2.75) is 25.7 Å². The van der Waals surface area contributed by atoms with Gasteiger partial charge in [-0.25, -0.2) is 13.4 Å². The molecule has 0 aliphatic heterocycles. The van der Waals surface area contributed by atoms with Gasteiger partial charge in [-0.1, -0.05) is 47.5 Å².